The second-order valence-electron chi connectivity index (χ2n) is 5.57. The van der Waals surface area contributed by atoms with Crippen LogP contribution < -0.4 is 5.73 Å². The summed E-state index contributed by atoms with van der Waals surface area (Å²) in [4.78, 5) is 2.85. The first-order valence-electron chi connectivity index (χ1n) is 7.70. The molecule has 0 bridgehead atoms. The van der Waals surface area contributed by atoms with Crippen molar-refractivity contribution in [1.82, 2.24) is 4.90 Å². The first-order chi connectivity index (χ1) is 9.63. The lowest BCUT2D eigenvalue weighted by Crippen LogP contribution is -2.19. The van der Waals surface area contributed by atoms with Crippen LogP contribution in [0.1, 0.15) is 56.6 Å². The molecule has 0 saturated carbocycles. The standard InChI is InChI=1S/C17H28N2S/c1-3-4-5-6-7-8-12-19(2)14-15-10-9-11-16(13-15)17(18)20/h9-11,13H,3-8,12,14H2,1-2H3,(H2,18,20). The molecular formula is C17H28N2S. The third kappa shape index (κ3) is 7.01. The minimum Gasteiger partial charge on any atom is -0.389 e. The molecule has 0 aliphatic rings. The molecule has 2 nitrogen and oxygen atoms in total. The average Bonchev–Trinajstić information content (AvgIpc) is 2.43. The fourth-order valence-corrected chi connectivity index (χ4v) is 2.50. The van der Waals surface area contributed by atoms with Gasteiger partial charge in [0, 0.05) is 12.1 Å². The van der Waals surface area contributed by atoms with Crippen LogP contribution in [0.2, 0.25) is 0 Å². The summed E-state index contributed by atoms with van der Waals surface area (Å²) >= 11 is 5.02. The maximum Gasteiger partial charge on any atom is 0.103 e. The van der Waals surface area contributed by atoms with Crippen molar-refractivity contribution in [2.75, 3.05) is 13.6 Å². The quantitative estimate of drug-likeness (QED) is 0.520. The van der Waals surface area contributed by atoms with E-state index >= 15 is 0 Å². The molecule has 0 aromatic heterocycles. The molecule has 0 heterocycles. The molecule has 0 spiro atoms. The molecule has 0 unspecified atom stereocenters. The lowest BCUT2D eigenvalue weighted by molar-refractivity contribution is 0.316. The minimum absolute atomic E-state index is 0.477. The van der Waals surface area contributed by atoms with Crippen molar-refractivity contribution >= 4 is 17.2 Å². The van der Waals surface area contributed by atoms with Gasteiger partial charge in [0.2, 0.25) is 0 Å². The topological polar surface area (TPSA) is 29.3 Å². The molecule has 1 aromatic rings. The van der Waals surface area contributed by atoms with Gasteiger partial charge in [-0.15, -0.1) is 0 Å². The van der Waals surface area contributed by atoms with Crippen molar-refractivity contribution in [3.63, 3.8) is 0 Å². The van der Waals surface area contributed by atoms with E-state index in [0.29, 0.717) is 4.99 Å². The van der Waals surface area contributed by atoms with E-state index in [1.165, 1.54) is 44.1 Å². The van der Waals surface area contributed by atoms with Gasteiger partial charge in [-0.25, -0.2) is 0 Å². The summed E-state index contributed by atoms with van der Waals surface area (Å²) in [6, 6.07) is 8.24. The van der Waals surface area contributed by atoms with Crippen molar-refractivity contribution in [2.24, 2.45) is 5.73 Å². The van der Waals surface area contributed by atoms with Crippen LogP contribution in [0.25, 0.3) is 0 Å². The van der Waals surface area contributed by atoms with Gasteiger partial charge in [0.1, 0.15) is 4.99 Å². The third-order valence-corrected chi connectivity index (χ3v) is 3.79. The molecule has 112 valence electrons. The minimum atomic E-state index is 0.477. The Labute approximate surface area is 129 Å². The monoisotopic (exact) mass is 292 g/mol. The van der Waals surface area contributed by atoms with Crippen LogP contribution in [0, 0.1) is 0 Å². The molecule has 0 amide bonds. The maximum atomic E-state index is 5.67. The maximum absolute atomic E-state index is 5.67. The highest BCUT2D eigenvalue weighted by Gasteiger charge is 2.02. The fraction of sp³-hybridized carbons (Fsp3) is 0.588. The van der Waals surface area contributed by atoms with Crippen LogP contribution in [0.3, 0.4) is 0 Å². The zero-order valence-electron chi connectivity index (χ0n) is 12.9. The Morgan fingerprint density at radius 3 is 2.55 bits per heavy atom. The van der Waals surface area contributed by atoms with E-state index < -0.39 is 0 Å². The van der Waals surface area contributed by atoms with Gasteiger partial charge in [-0.2, -0.15) is 0 Å². The molecule has 3 heteroatoms. The summed E-state index contributed by atoms with van der Waals surface area (Å²) < 4.78 is 0. The largest absolute Gasteiger partial charge is 0.389 e. The number of nitrogens with two attached hydrogens (primary N) is 1. The van der Waals surface area contributed by atoms with Gasteiger partial charge < -0.3 is 10.6 Å². The summed E-state index contributed by atoms with van der Waals surface area (Å²) in [5, 5.41) is 0. The summed E-state index contributed by atoms with van der Waals surface area (Å²) in [6.07, 6.45) is 8.09. The number of rotatable bonds is 10. The third-order valence-electron chi connectivity index (χ3n) is 3.56. The molecule has 0 atom stereocenters. The lowest BCUT2D eigenvalue weighted by Gasteiger charge is -2.17. The molecule has 0 saturated heterocycles. The molecule has 0 aliphatic carbocycles. The Bertz CT molecular complexity index is 404. The number of thiocarbonyl (C=S) groups is 1. The van der Waals surface area contributed by atoms with E-state index in [1.807, 2.05) is 12.1 Å². The van der Waals surface area contributed by atoms with Gasteiger partial charge in [-0.05, 0) is 31.6 Å². The van der Waals surface area contributed by atoms with E-state index in [-0.39, 0.29) is 0 Å². The number of hydrogen-bond donors (Lipinski definition) is 1. The molecule has 1 aromatic carbocycles. The van der Waals surface area contributed by atoms with Gasteiger partial charge in [0.25, 0.3) is 0 Å². The second-order valence-corrected chi connectivity index (χ2v) is 6.01. The molecule has 0 radical (unpaired) electrons. The van der Waals surface area contributed by atoms with Gasteiger partial charge in [-0.3, -0.25) is 0 Å². The Morgan fingerprint density at radius 1 is 1.15 bits per heavy atom. The van der Waals surface area contributed by atoms with Gasteiger partial charge in [0.15, 0.2) is 0 Å². The van der Waals surface area contributed by atoms with E-state index in [9.17, 15) is 0 Å². The predicted molar refractivity (Wildman–Crippen MR) is 92.0 cm³/mol. The highest BCUT2D eigenvalue weighted by atomic mass is 32.1. The number of benzene rings is 1. The van der Waals surface area contributed by atoms with Crippen molar-refractivity contribution in [2.45, 2.75) is 52.0 Å². The molecule has 0 aliphatic heterocycles. The predicted octanol–water partition coefficient (Wildman–Crippen LogP) is 4.11. The Balaban J connectivity index is 2.26. The summed E-state index contributed by atoms with van der Waals surface area (Å²) in [7, 11) is 2.18. The molecule has 2 N–H and O–H groups in total. The molecule has 1 rings (SSSR count). The lowest BCUT2D eigenvalue weighted by atomic mass is 10.1. The van der Waals surface area contributed by atoms with Crippen molar-refractivity contribution < 1.29 is 0 Å². The summed E-state index contributed by atoms with van der Waals surface area (Å²) in [5.74, 6) is 0. The Morgan fingerprint density at radius 2 is 1.85 bits per heavy atom. The Kier molecular flexibility index (Phi) is 8.47. The smallest absolute Gasteiger partial charge is 0.103 e. The van der Waals surface area contributed by atoms with Crippen LogP contribution in [0.5, 0.6) is 0 Å². The number of nitrogens with zero attached hydrogens (tertiary/aromatic N) is 1. The summed E-state index contributed by atoms with van der Waals surface area (Å²) in [6.45, 7) is 4.38. The highest BCUT2D eigenvalue weighted by Crippen LogP contribution is 2.10. The number of hydrogen-bond acceptors (Lipinski definition) is 2. The molecule has 20 heavy (non-hydrogen) atoms. The molecule has 0 fully saturated rings. The first kappa shape index (κ1) is 17.1. The van der Waals surface area contributed by atoms with Gasteiger partial charge >= 0.3 is 0 Å². The average molecular weight is 292 g/mol. The Hall–Kier alpha value is -0.930. The highest BCUT2D eigenvalue weighted by molar-refractivity contribution is 7.80. The SMILES string of the molecule is CCCCCCCCN(C)Cc1cccc(C(N)=S)c1. The zero-order chi connectivity index (χ0) is 14.8. The van der Waals surface area contributed by atoms with Crippen molar-refractivity contribution in [3.8, 4) is 0 Å². The zero-order valence-corrected chi connectivity index (χ0v) is 13.7. The van der Waals surface area contributed by atoms with Crippen LogP contribution in [-0.4, -0.2) is 23.5 Å². The normalized spacial score (nSPS) is 10.9. The van der Waals surface area contributed by atoms with Crippen LogP contribution in [0.15, 0.2) is 24.3 Å². The van der Waals surface area contributed by atoms with Crippen molar-refractivity contribution in [1.29, 1.82) is 0 Å². The number of unbranched alkanes of at least 4 members (excludes halogenated alkanes) is 5. The van der Waals surface area contributed by atoms with Crippen molar-refractivity contribution in [3.05, 3.63) is 35.4 Å². The van der Waals surface area contributed by atoms with Crippen LogP contribution in [-0.2, 0) is 6.54 Å². The van der Waals surface area contributed by atoms with Crippen LogP contribution in [0.4, 0.5) is 0 Å². The fourth-order valence-electron chi connectivity index (χ4n) is 2.38. The second kappa shape index (κ2) is 9.89. The van der Waals surface area contributed by atoms with Gasteiger partial charge in [-0.1, -0.05) is 69.4 Å². The van der Waals surface area contributed by atoms with Crippen LogP contribution >= 0.6 is 12.2 Å². The van der Waals surface area contributed by atoms with E-state index in [1.54, 1.807) is 0 Å². The first-order valence-corrected chi connectivity index (χ1v) is 8.11. The van der Waals surface area contributed by atoms with Gasteiger partial charge in [0.05, 0.1) is 0 Å². The van der Waals surface area contributed by atoms with E-state index in [0.717, 1.165) is 18.7 Å². The van der Waals surface area contributed by atoms with E-state index in [2.05, 4.69) is 31.0 Å². The van der Waals surface area contributed by atoms with E-state index in [4.69, 9.17) is 18.0 Å². The summed E-state index contributed by atoms with van der Waals surface area (Å²) in [5.41, 5.74) is 7.91. The molecular weight excluding hydrogens is 264 g/mol.